The van der Waals surface area contributed by atoms with Crippen LogP contribution in [-0.4, -0.2) is 53.9 Å². The van der Waals surface area contributed by atoms with Crippen LogP contribution in [0.1, 0.15) is 105 Å². The van der Waals surface area contributed by atoms with Gasteiger partial charge in [-0.1, -0.05) is 38.8 Å². The van der Waals surface area contributed by atoms with Crippen molar-refractivity contribution in [3.8, 4) is 5.75 Å². The summed E-state index contributed by atoms with van der Waals surface area (Å²) in [5.74, 6) is -0.763. The number of nitrogens with one attached hydrogen (secondary N) is 1. The largest absolute Gasteiger partial charge is 0.493 e. The molecule has 4 rings (SSSR count). The lowest BCUT2D eigenvalue weighted by atomic mass is 9.84. The zero-order valence-electron chi connectivity index (χ0n) is 28.4. The third kappa shape index (κ3) is 7.25. The number of hydrogen-bond donors (Lipinski definition) is 1. The number of fused-ring (bicyclic) bond motifs is 1. The Kier molecular flexibility index (Phi) is 10.7. The van der Waals surface area contributed by atoms with Crippen LogP contribution in [0.4, 0.5) is 31.1 Å². The van der Waals surface area contributed by atoms with Crippen LogP contribution < -0.4 is 10.1 Å². The van der Waals surface area contributed by atoms with E-state index < -0.39 is 59.2 Å². The summed E-state index contributed by atoms with van der Waals surface area (Å²) in [5.41, 5.74) is -6.33. The number of ether oxygens (including phenoxy) is 3. The van der Waals surface area contributed by atoms with Crippen molar-refractivity contribution in [1.29, 1.82) is 0 Å². The normalized spacial score (nSPS) is 19.2. The highest BCUT2D eigenvalue weighted by molar-refractivity contribution is 6.07. The number of hydrogen-bond acceptors (Lipinski definition) is 6. The fourth-order valence-electron chi connectivity index (χ4n) is 6.26. The number of carbonyl (C=O) groups excluding carboxylic acids is 3. The molecular formula is C35H42F6N2O6. The van der Waals surface area contributed by atoms with Crippen LogP contribution in [0.2, 0.25) is 0 Å². The average Bonchev–Trinajstić information content (AvgIpc) is 3.49. The number of rotatable bonds is 12. The molecule has 2 aliphatic rings. The van der Waals surface area contributed by atoms with Gasteiger partial charge in [0.15, 0.2) is 0 Å². The van der Waals surface area contributed by atoms with E-state index in [2.05, 4.69) is 10.1 Å². The van der Waals surface area contributed by atoms with Crippen molar-refractivity contribution < 1.29 is 54.9 Å². The molecule has 2 aliphatic heterocycles. The number of urea groups is 1. The van der Waals surface area contributed by atoms with Crippen molar-refractivity contribution in [3.63, 3.8) is 0 Å². The number of aryl methyl sites for hydroxylation is 1. The van der Waals surface area contributed by atoms with Crippen molar-refractivity contribution in [1.82, 2.24) is 10.2 Å². The summed E-state index contributed by atoms with van der Waals surface area (Å²) in [6.45, 7) is 9.55. The Labute approximate surface area is 281 Å². The van der Waals surface area contributed by atoms with Gasteiger partial charge in [0.2, 0.25) is 0 Å². The van der Waals surface area contributed by atoms with E-state index in [4.69, 9.17) is 9.47 Å². The molecule has 0 spiro atoms. The van der Waals surface area contributed by atoms with Crippen molar-refractivity contribution >= 4 is 17.9 Å². The third-order valence-electron chi connectivity index (χ3n) is 8.60. The molecule has 0 radical (unpaired) electrons. The first-order chi connectivity index (χ1) is 22.7. The Bertz CT molecular complexity index is 1550. The lowest BCUT2D eigenvalue weighted by Gasteiger charge is -2.34. The molecule has 1 saturated heterocycles. The van der Waals surface area contributed by atoms with Crippen molar-refractivity contribution in [2.75, 3.05) is 13.2 Å². The summed E-state index contributed by atoms with van der Waals surface area (Å²) in [5, 5.41) is 2.71. The topological polar surface area (TPSA) is 94.2 Å². The molecule has 0 bridgehead atoms. The number of amides is 3. The fourth-order valence-corrected chi connectivity index (χ4v) is 6.26. The van der Waals surface area contributed by atoms with Crippen LogP contribution >= 0.6 is 0 Å². The van der Waals surface area contributed by atoms with Crippen LogP contribution in [0.25, 0.3) is 0 Å². The highest BCUT2D eigenvalue weighted by atomic mass is 19.4. The first kappa shape index (κ1) is 38.0. The Morgan fingerprint density at radius 3 is 2.12 bits per heavy atom. The highest BCUT2D eigenvalue weighted by Gasteiger charge is 2.76. The molecule has 270 valence electrons. The molecule has 14 heteroatoms. The maximum atomic E-state index is 14.1. The minimum Gasteiger partial charge on any atom is -0.493 e. The van der Waals surface area contributed by atoms with Crippen LogP contribution in [0, 0.1) is 0 Å². The molecular weight excluding hydrogens is 658 g/mol. The maximum Gasteiger partial charge on any atom is 0.430 e. The van der Waals surface area contributed by atoms with E-state index >= 15 is 0 Å². The number of esters is 1. The molecule has 8 nitrogen and oxygen atoms in total. The first-order valence-corrected chi connectivity index (χ1v) is 16.3. The van der Waals surface area contributed by atoms with E-state index in [-0.39, 0.29) is 54.0 Å². The van der Waals surface area contributed by atoms with E-state index in [1.54, 1.807) is 53.7 Å². The van der Waals surface area contributed by atoms with Crippen LogP contribution in [-0.2, 0) is 44.9 Å². The zero-order valence-corrected chi connectivity index (χ0v) is 28.4. The molecule has 1 fully saturated rings. The first-order valence-electron chi connectivity index (χ1n) is 16.3. The van der Waals surface area contributed by atoms with E-state index in [0.29, 0.717) is 31.2 Å². The molecule has 49 heavy (non-hydrogen) atoms. The summed E-state index contributed by atoms with van der Waals surface area (Å²) in [6, 6.07) is 6.51. The van der Waals surface area contributed by atoms with Gasteiger partial charge in [-0.05, 0) is 88.3 Å². The molecule has 1 unspecified atom stereocenters. The molecule has 1 atom stereocenters. The van der Waals surface area contributed by atoms with Crippen molar-refractivity contribution in [2.24, 2.45) is 0 Å². The second-order valence-corrected chi connectivity index (χ2v) is 13.5. The predicted octanol–water partition coefficient (Wildman–Crippen LogP) is 8.02. The third-order valence-corrected chi connectivity index (χ3v) is 8.60. The Hall–Kier alpha value is -3.81. The summed E-state index contributed by atoms with van der Waals surface area (Å²) < 4.78 is 101. The van der Waals surface area contributed by atoms with Crippen molar-refractivity contribution in [2.45, 2.75) is 116 Å². The van der Waals surface area contributed by atoms with Gasteiger partial charge in [0, 0.05) is 17.7 Å². The molecule has 2 heterocycles. The minimum absolute atomic E-state index is 0.0426. The van der Waals surface area contributed by atoms with Gasteiger partial charge in [-0.2, -0.15) is 26.3 Å². The molecule has 2 aromatic carbocycles. The maximum absolute atomic E-state index is 14.1. The van der Waals surface area contributed by atoms with E-state index in [0.717, 1.165) is 11.0 Å². The van der Waals surface area contributed by atoms with Gasteiger partial charge in [0.05, 0.1) is 18.8 Å². The molecule has 0 saturated carbocycles. The molecule has 1 N–H and O–H groups in total. The number of imide groups is 1. The van der Waals surface area contributed by atoms with Crippen LogP contribution in [0.5, 0.6) is 5.75 Å². The van der Waals surface area contributed by atoms with Crippen LogP contribution in [0.3, 0.4) is 0 Å². The monoisotopic (exact) mass is 700 g/mol. The fraction of sp³-hybridized carbons (Fsp3) is 0.571. The molecule has 0 aliphatic carbocycles. The number of carbonyl (C=O) groups is 3. The Morgan fingerprint density at radius 2 is 1.57 bits per heavy atom. The molecule has 3 amide bonds. The second-order valence-electron chi connectivity index (χ2n) is 13.5. The van der Waals surface area contributed by atoms with E-state index in [9.17, 15) is 40.7 Å². The number of unbranched alkanes of at least 4 members (excludes halogenated alkanes) is 1. The van der Waals surface area contributed by atoms with Gasteiger partial charge >= 0.3 is 24.4 Å². The zero-order chi connectivity index (χ0) is 36.6. The summed E-state index contributed by atoms with van der Waals surface area (Å²) >= 11 is 0. The SMILES string of the molecule is CCCc1cc2c(c(CCC)c1OCCCCN1C(=O)NC(C)(c3ccc(C(=O)OC(C)(C)C)cc3)C1=O)COC2(C(F)(F)F)C(F)(F)F. The number of benzene rings is 2. The summed E-state index contributed by atoms with van der Waals surface area (Å²) in [4.78, 5) is 39.7. The Morgan fingerprint density at radius 1 is 0.959 bits per heavy atom. The van der Waals surface area contributed by atoms with Gasteiger partial charge in [0.25, 0.3) is 11.5 Å². The number of nitrogens with zero attached hydrogens (tertiary/aromatic N) is 1. The number of alkyl halides is 6. The van der Waals surface area contributed by atoms with Crippen molar-refractivity contribution in [3.05, 3.63) is 63.7 Å². The van der Waals surface area contributed by atoms with E-state index in [1.807, 2.05) is 0 Å². The average molecular weight is 701 g/mol. The Balaban J connectivity index is 1.46. The quantitative estimate of drug-likeness (QED) is 0.104. The summed E-state index contributed by atoms with van der Waals surface area (Å²) in [6.07, 6.45) is -9.56. The lowest BCUT2D eigenvalue weighted by Crippen LogP contribution is -2.53. The summed E-state index contributed by atoms with van der Waals surface area (Å²) in [7, 11) is 0. The molecule has 0 aromatic heterocycles. The molecule has 2 aromatic rings. The predicted molar refractivity (Wildman–Crippen MR) is 167 cm³/mol. The van der Waals surface area contributed by atoms with E-state index in [1.165, 1.54) is 12.1 Å². The second kappa shape index (κ2) is 13.8. The van der Waals surface area contributed by atoms with Gasteiger partial charge in [0.1, 0.15) is 16.9 Å². The van der Waals surface area contributed by atoms with Gasteiger partial charge in [-0.3, -0.25) is 9.69 Å². The highest BCUT2D eigenvalue weighted by Crippen LogP contribution is 2.58. The standard InChI is InChI=1S/C35H42F6N2O6/c1-7-11-22-19-26-25(20-48-33(26,34(36,37)38)35(39,40)41)24(12-8-2)27(22)47-18-10-9-17-43-29(45)32(6,42-30(43)46)23-15-13-21(14-16-23)28(44)49-31(3,4)5/h13-16,19H,7-12,17-18,20H2,1-6H3,(H,42,46). The number of halogens is 6. The van der Waals surface area contributed by atoms with Gasteiger partial charge < -0.3 is 19.5 Å². The minimum atomic E-state index is -5.73. The van der Waals surface area contributed by atoms with Crippen LogP contribution in [0.15, 0.2) is 30.3 Å². The lowest BCUT2D eigenvalue weighted by molar-refractivity contribution is -0.385. The smallest absolute Gasteiger partial charge is 0.430 e. The van der Waals surface area contributed by atoms with Gasteiger partial charge in [-0.25, -0.2) is 9.59 Å². The van der Waals surface area contributed by atoms with Gasteiger partial charge in [-0.15, -0.1) is 0 Å².